The molecule has 2 amide bonds. The third-order valence-corrected chi connectivity index (χ3v) is 5.68. The first-order valence-corrected chi connectivity index (χ1v) is 10.1. The maximum absolute atomic E-state index is 12.1. The topological polar surface area (TPSA) is 95.9 Å². The summed E-state index contributed by atoms with van der Waals surface area (Å²) >= 11 is 0. The third-order valence-electron chi connectivity index (χ3n) is 5.68. The van der Waals surface area contributed by atoms with Crippen LogP contribution in [0.5, 0.6) is 0 Å². The number of ether oxygens (including phenoxy) is 1. The molecule has 31 heavy (non-hydrogen) atoms. The largest absolute Gasteiger partial charge is 0.481 e. The zero-order chi connectivity index (χ0) is 21.8. The average molecular weight is 418 g/mol. The summed E-state index contributed by atoms with van der Waals surface area (Å²) in [6, 6.07) is 16.2. The lowest BCUT2D eigenvalue weighted by molar-refractivity contribution is -0.141. The van der Waals surface area contributed by atoms with Crippen LogP contribution in [0.1, 0.15) is 23.5 Å². The highest BCUT2D eigenvalue weighted by Gasteiger charge is 2.30. The van der Waals surface area contributed by atoms with Crippen molar-refractivity contribution in [2.24, 2.45) is 5.92 Å². The van der Waals surface area contributed by atoms with E-state index in [2.05, 4.69) is 29.3 Å². The highest BCUT2D eigenvalue weighted by molar-refractivity contribution is 5.94. The second-order valence-electron chi connectivity index (χ2n) is 7.56. The van der Waals surface area contributed by atoms with E-state index < -0.39 is 23.9 Å². The lowest BCUT2D eigenvalue weighted by Gasteiger charge is -2.14. The van der Waals surface area contributed by atoms with Gasteiger partial charge in [-0.2, -0.15) is 0 Å². The number of hydrogen-bond acceptors (Lipinski definition) is 4. The molecule has 1 atom stereocenters. The van der Waals surface area contributed by atoms with Crippen LogP contribution in [0.3, 0.4) is 0 Å². The molecule has 2 aromatic rings. The van der Waals surface area contributed by atoms with Crippen molar-refractivity contribution < 1.29 is 24.2 Å². The smallest absolute Gasteiger partial charge is 0.407 e. The van der Waals surface area contributed by atoms with Gasteiger partial charge in [0.2, 0.25) is 0 Å². The quantitative estimate of drug-likeness (QED) is 0.744. The Morgan fingerprint density at radius 2 is 1.71 bits per heavy atom. The minimum Gasteiger partial charge on any atom is -0.481 e. The van der Waals surface area contributed by atoms with Gasteiger partial charge < -0.3 is 20.1 Å². The Morgan fingerprint density at radius 3 is 2.32 bits per heavy atom. The normalized spacial score (nSPS) is 16.6. The van der Waals surface area contributed by atoms with Gasteiger partial charge in [-0.15, -0.1) is 0 Å². The molecule has 1 saturated heterocycles. The van der Waals surface area contributed by atoms with Gasteiger partial charge in [0.25, 0.3) is 5.91 Å². The van der Waals surface area contributed by atoms with Crippen molar-refractivity contribution >= 4 is 18.0 Å². The van der Waals surface area contributed by atoms with Gasteiger partial charge >= 0.3 is 12.1 Å². The number of likely N-dealkylation sites (tertiary alicyclic amines) is 1. The number of carboxylic acids is 1. The van der Waals surface area contributed by atoms with E-state index in [4.69, 9.17) is 9.84 Å². The van der Waals surface area contributed by atoms with Crippen LogP contribution in [0, 0.1) is 17.8 Å². The molecule has 2 aliphatic rings. The van der Waals surface area contributed by atoms with Crippen molar-refractivity contribution in [3.8, 4) is 23.0 Å². The number of amides is 2. The fourth-order valence-corrected chi connectivity index (χ4v) is 4.11. The molecule has 0 bridgehead atoms. The van der Waals surface area contributed by atoms with Crippen molar-refractivity contribution in [3.63, 3.8) is 0 Å². The molecule has 2 N–H and O–H groups in total. The van der Waals surface area contributed by atoms with Gasteiger partial charge in [-0.25, -0.2) is 4.79 Å². The molecule has 1 aliphatic carbocycles. The number of aliphatic carboxylic acids is 1. The summed E-state index contributed by atoms with van der Waals surface area (Å²) in [5, 5.41) is 11.5. The standard InChI is InChI=1S/C24H22N2O5/c27-22(26-13-11-16(14-26)23(28)29)10-5-12-25-24(30)31-15-21-19-8-3-1-6-17(19)18-7-2-4-9-20(18)21/h1-4,6-9,16,21H,11-15H2,(H,25,30)(H,28,29). The fraction of sp³-hybridized carbons (Fsp3) is 0.292. The molecule has 1 unspecified atom stereocenters. The Labute approximate surface area is 180 Å². The summed E-state index contributed by atoms with van der Waals surface area (Å²) in [5.74, 6) is 3.14. The predicted molar refractivity (Wildman–Crippen MR) is 113 cm³/mol. The minimum atomic E-state index is -0.903. The van der Waals surface area contributed by atoms with Gasteiger partial charge in [0.05, 0.1) is 12.5 Å². The number of hydrogen-bond donors (Lipinski definition) is 2. The van der Waals surface area contributed by atoms with E-state index in [-0.39, 0.29) is 25.6 Å². The second kappa shape index (κ2) is 8.92. The number of carbonyl (C=O) groups is 3. The second-order valence-corrected chi connectivity index (χ2v) is 7.56. The summed E-state index contributed by atoms with van der Waals surface area (Å²) in [4.78, 5) is 36.5. The lowest BCUT2D eigenvalue weighted by Crippen LogP contribution is -2.29. The zero-order valence-corrected chi connectivity index (χ0v) is 16.8. The van der Waals surface area contributed by atoms with E-state index in [9.17, 15) is 14.4 Å². The van der Waals surface area contributed by atoms with Crippen molar-refractivity contribution in [2.45, 2.75) is 12.3 Å². The molecule has 1 fully saturated rings. The molecular weight excluding hydrogens is 396 g/mol. The number of alkyl carbamates (subject to hydrolysis) is 1. The summed E-state index contributed by atoms with van der Waals surface area (Å²) in [6.07, 6.45) is -0.170. The summed E-state index contributed by atoms with van der Waals surface area (Å²) in [6.45, 7) is 0.724. The average Bonchev–Trinajstić information content (AvgIpc) is 3.39. The van der Waals surface area contributed by atoms with E-state index in [1.165, 1.54) is 4.90 Å². The van der Waals surface area contributed by atoms with Gasteiger partial charge in [0.15, 0.2) is 0 Å². The number of benzene rings is 2. The highest BCUT2D eigenvalue weighted by Crippen LogP contribution is 2.44. The molecule has 0 saturated carbocycles. The number of carbonyl (C=O) groups excluding carboxylic acids is 2. The molecule has 0 spiro atoms. The predicted octanol–water partition coefficient (Wildman–Crippen LogP) is 2.46. The van der Waals surface area contributed by atoms with Crippen molar-refractivity contribution in [2.75, 3.05) is 26.2 Å². The maximum Gasteiger partial charge on any atom is 0.407 e. The number of rotatable bonds is 4. The van der Waals surface area contributed by atoms with Crippen LogP contribution < -0.4 is 5.32 Å². The molecule has 0 aromatic heterocycles. The number of nitrogens with one attached hydrogen (secondary N) is 1. The molecule has 7 heteroatoms. The minimum absolute atomic E-state index is 0.0249. The Morgan fingerprint density at radius 1 is 1.06 bits per heavy atom. The van der Waals surface area contributed by atoms with Crippen LogP contribution in [0.15, 0.2) is 48.5 Å². The highest BCUT2D eigenvalue weighted by atomic mass is 16.5. The third kappa shape index (κ3) is 4.38. The van der Waals surface area contributed by atoms with Gasteiger partial charge in [-0.3, -0.25) is 9.59 Å². The summed E-state index contributed by atoms with van der Waals surface area (Å²) < 4.78 is 5.41. The van der Waals surface area contributed by atoms with Gasteiger partial charge in [-0.05, 0) is 34.6 Å². The molecule has 2 aromatic carbocycles. The molecular formula is C24H22N2O5. The lowest BCUT2D eigenvalue weighted by atomic mass is 9.98. The van der Waals surface area contributed by atoms with Gasteiger partial charge in [-0.1, -0.05) is 54.5 Å². The maximum atomic E-state index is 12.1. The Hall–Kier alpha value is -3.79. The Balaban J connectivity index is 1.27. The molecule has 1 heterocycles. The van der Waals surface area contributed by atoms with Crippen LogP contribution in [0.2, 0.25) is 0 Å². The molecule has 158 valence electrons. The van der Waals surface area contributed by atoms with Gasteiger partial charge in [0.1, 0.15) is 6.61 Å². The summed E-state index contributed by atoms with van der Waals surface area (Å²) in [5.41, 5.74) is 4.58. The summed E-state index contributed by atoms with van der Waals surface area (Å²) in [7, 11) is 0. The van der Waals surface area contributed by atoms with Crippen LogP contribution in [-0.2, 0) is 14.3 Å². The first-order valence-electron chi connectivity index (χ1n) is 10.1. The molecule has 1 aliphatic heterocycles. The Bertz CT molecular complexity index is 1040. The first kappa shape index (κ1) is 20.5. The van der Waals surface area contributed by atoms with Crippen molar-refractivity contribution in [1.82, 2.24) is 10.2 Å². The first-order chi connectivity index (χ1) is 15.0. The van der Waals surface area contributed by atoms with E-state index in [0.29, 0.717) is 13.0 Å². The van der Waals surface area contributed by atoms with Crippen LogP contribution in [0.4, 0.5) is 4.79 Å². The van der Waals surface area contributed by atoms with Crippen LogP contribution in [-0.4, -0.2) is 54.2 Å². The molecule has 4 rings (SSSR count). The van der Waals surface area contributed by atoms with E-state index >= 15 is 0 Å². The number of fused-ring (bicyclic) bond motifs is 3. The van der Waals surface area contributed by atoms with Crippen molar-refractivity contribution in [1.29, 1.82) is 0 Å². The zero-order valence-electron chi connectivity index (χ0n) is 16.8. The van der Waals surface area contributed by atoms with Gasteiger partial charge in [0, 0.05) is 19.0 Å². The van der Waals surface area contributed by atoms with E-state index in [1.807, 2.05) is 36.4 Å². The fourth-order valence-electron chi connectivity index (χ4n) is 4.11. The monoisotopic (exact) mass is 418 g/mol. The SMILES string of the molecule is O=C(NCC#CC(=O)N1CCC(C(=O)O)C1)OCC1c2ccccc2-c2ccccc21. The Kier molecular flexibility index (Phi) is 5.89. The van der Waals surface area contributed by atoms with Crippen LogP contribution >= 0.6 is 0 Å². The number of carboxylic acid groups (broad SMARTS) is 1. The van der Waals surface area contributed by atoms with E-state index in [0.717, 1.165) is 22.3 Å². The van der Waals surface area contributed by atoms with Crippen molar-refractivity contribution in [3.05, 3.63) is 59.7 Å². The molecule has 0 radical (unpaired) electrons. The van der Waals surface area contributed by atoms with Crippen LogP contribution in [0.25, 0.3) is 11.1 Å². The molecule has 7 nitrogen and oxygen atoms in total. The number of nitrogens with zero attached hydrogens (tertiary/aromatic N) is 1. The van der Waals surface area contributed by atoms with E-state index in [1.54, 1.807) is 0 Å².